The second-order valence-electron chi connectivity index (χ2n) is 3.21. The number of carbonyl (C=O) groups excluding carboxylic acids is 1. The molecule has 1 aliphatic heterocycles. The van der Waals surface area contributed by atoms with Crippen LogP contribution in [0.3, 0.4) is 0 Å². The number of nitrogens with zero attached hydrogens (tertiary/aromatic N) is 1. The van der Waals surface area contributed by atoms with Crippen LogP contribution in [0.15, 0.2) is 18.2 Å². The minimum atomic E-state index is -1.40. The van der Waals surface area contributed by atoms with Crippen molar-refractivity contribution in [3.63, 3.8) is 0 Å². The lowest BCUT2D eigenvalue weighted by molar-refractivity contribution is -0.385. The molecule has 2 rings (SSSR count). The summed E-state index contributed by atoms with van der Waals surface area (Å²) in [5.74, 6) is -0.439. The van der Waals surface area contributed by atoms with Gasteiger partial charge in [0.15, 0.2) is 0 Å². The van der Waals surface area contributed by atoms with Crippen LogP contribution < -0.4 is 5.32 Å². The van der Waals surface area contributed by atoms with Gasteiger partial charge in [0.25, 0.3) is 11.6 Å². The van der Waals surface area contributed by atoms with Gasteiger partial charge >= 0.3 is 0 Å². The first-order valence-electron chi connectivity index (χ1n) is 4.34. The number of nitro groups is 1. The molecule has 1 aromatic rings. The molecule has 84 valence electrons. The van der Waals surface area contributed by atoms with Crippen molar-refractivity contribution in [3.8, 4) is 0 Å². The molecular formula is C9H7ClN2O3S. The molecule has 16 heavy (non-hydrogen) atoms. The standard InChI is InChI=1S/C9H7ClN2O3S/c1-16-9(10)7-5(11-8(9)13)3-2-4-6(7)12(14)15/h2-4H,1H3,(H,11,13). The van der Waals surface area contributed by atoms with Gasteiger partial charge in [0.05, 0.1) is 16.2 Å². The Morgan fingerprint density at radius 2 is 2.25 bits per heavy atom. The number of anilines is 1. The molecule has 0 aromatic heterocycles. The van der Waals surface area contributed by atoms with E-state index < -0.39 is 15.0 Å². The highest BCUT2D eigenvalue weighted by Gasteiger charge is 2.49. The van der Waals surface area contributed by atoms with E-state index in [-0.39, 0.29) is 11.3 Å². The van der Waals surface area contributed by atoms with Gasteiger partial charge in [-0.1, -0.05) is 17.7 Å². The van der Waals surface area contributed by atoms with Crippen molar-refractivity contribution in [2.45, 2.75) is 4.21 Å². The molecule has 7 heteroatoms. The zero-order valence-corrected chi connectivity index (χ0v) is 9.76. The summed E-state index contributed by atoms with van der Waals surface area (Å²) in [7, 11) is 0. The normalized spacial score (nSPS) is 22.8. The molecule has 1 aromatic carbocycles. The van der Waals surface area contributed by atoms with Gasteiger partial charge in [-0.15, -0.1) is 11.8 Å². The number of carbonyl (C=O) groups is 1. The van der Waals surface area contributed by atoms with Crippen molar-refractivity contribution in [1.82, 2.24) is 0 Å². The van der Waals surface area contributed by atoms with Crippen LogP contribution >= 0.6 is 23.4 Å². The van der Waals surface area contributed by atoms with Crippen molar-refractivity contribution >= 4 is 40.6 Å². The molecule has 0 aliphatic carbocycles. The third kappa shape index (κ3) is 1.37. The number of benzene rings is 1. The molecule has 1 N–H and O–H groups in total. The van der Waals surface area contributed by atoms with E-state index >= 15 is 0 Å². The lowest BCUT2D eigenvalue weighted by atomic mass is 10.1. The number of alkyl halides is 1. The molecule has 0 bridgehead atoms. The molecule has 5 nitrogen and oxygen atoms in total. The first-order valence-corrected chi connectivity index (χ1v) is 5.94. The van der Waals surface area contributed by atoms with Gasteiger partial charge in [0.1, 0.15) is 0 Å². The summed E-state index contributed by atoms with van der Waals surface area (Å²) in [5.41, 5.74) is 0.503. The zero-order chi connectivity index (χ0) is 11.9. The maximum atomic E-state index is 11.7. The van der Waals surface area contributed by atoms with Crippen LogP contribution in [0.2, 0.25) is 0 Å². The molecule has 1 amide bonds. The Balaban J connectivity index is 2.71. The summed E-state index contributed by atoms with van der Waals surface area (Å²) in [5, 5.41) is 13.4. The Morgan fingerprint density at radius 1 is 1.56 bits per heavy atom. The minimum absolute atomic E-state index is 0.139. The first kappa shape index (κ1) is 11.2. The SMILES string of the molecule is CSC1(Cl)C(=O)Nc2cccc([N+](=O)[O-])c21. The fourth-order valence-corrected chi connectivity index (χ4v) is 2.55. The number of thioether (sulfide) groups is 1. The van der Waals surface area contributed by atoms with Gasteiger partial charge in [0, 0.05) is 6.07 Å². The van der Waals surface area contributed by atoms with Crippen LogP contribution in [-0.2, 0) is 9.00 Å². The summed E-state index contributed by atoms with van der Waals surface area (Å²) in [4.78, 5) is 22.0. The summed E-state index contributed by atoms with van der Waals surface area (Å²) in [6, 6.07) is 4.45. The molecule has 1 heterocycles. The lowest BCUT2D eigenvalue weighted by Crippen LogP contribution is -2.24. The predicted molar refractivity (Wildman–Crippen MR) is 62.8 cm³/mol. The van der Waals surface area contributed by atoms with Gasteiger partial charge in [-0.25, -0.2) is 0 Å². The third-order valence-corrected chi connectivity index (χ3v) is 4.16. The van der Waals surface area contributed by atoms with Crippen LogP contribution in [0.4, 0.5) is 11.4 Å². The maximum absolute atomic E-state index is 11.7. The Kier molecular flexibility index (Phi) is 2.55. The highest BCUT2D eigenvalue weighted by atomic mass is 35.5. The van der Waals surface area contributed by atoms with Crippen LogP contribution in [0.25, 0.3) is 0 Å². The first-order chi connectivity index (χ1) is 7.50. The van der Waals surface area contributed by atoms with E-state index in [9.17, 15) is 14.9 Å². The molecule has 0 fully saturated rings. The molecule has 0 saturated carbocycles. The molecule has 0 saturated heterocycles. The lowest BCUT2D eigenvalue weighted by Gasteiger charge is -2.15. The Bertz CT molecular complexity index is 494. The van der Waals surface area contributed by atoms with E-state index in [4.69, 9.17) is 11.6 Å². The Labute approximate surface area is 100 Å². The number of nitro benzene ring substituents is 1. The molecule has 0 radical (unpaired) electrons. The van der Waals surface area contributed by atoms with Gasteiger partial charge in [-0.3, -0.25) is 14.9 Å². The van der Waals surface area contributed by atoms with Crippen LogP contribution in [-0.4, -0.2) is 17.1 Å². The number of halogens is 1. The monoisotopic (exact) mass is 258 g/mol. The quantitative estimate of drug-likeness (QED) is 0.502. The van der Waals surface area contributed by atoms with Gasteiger partial charge in [0.2, 0.25) is 4.21 Å². The van der Waals surface area contributed by atoms with Gasteiger partial charge in [-0.05, 0) is 12.3 Å². The topological polar surface area (TPSA) is 72.2 Å². The average molecular weight is 259 g/mol. The fraction of sp³-hybridized carbons (Fsp3) is 0.222. The third-order valence-electron chi connectivity index (χ3n) is 2.38. The van der Waals surface area contributed by atoms with Crippen molar-refractivity contribution in [3.05, 3.63) is 33.9 Å². The Morgan fingerprint density at radius 3 is 2.81 bits per heavy atom. The maximum Gasteiger partial charge on any atom is 0.277 e. The van der Waals surface area contributed by atoms with E-state index in [0.29, 0.717) is 5.69 Å². The van der Waals surface area contributed by atoms with Crippen LogP contribution in [0.5, 0.6) is 0 Å². The number of hydrogen-bond acceptors (Lipinski definition) is 4. The average Bonchev–Trinajstić information content (AvgIpc) is 2.52. The minimum Gasteiger partial charge on any atom is -0.323 e. The van der Waals surface area contributed by atoms with Crippen molar-refractivity contribution in [2.75, 3.05) is 11.6 Å². The summed E-state index contributed by atoms with van der Waals surface area (Å²) >= 11 is 7.20. The summed E-state index contributed by atoms with van der Waals surface area (Å²) in [6.45, 7) is 0. The van der Waals surface area contributed by atoms with Crippen LogP contribution in [0, 0.1) is 10.1 Å². The zero-order valence-electron chi connectivity index (χ0n) is 8.19. The summed E-state index contributed by atoms with van der Waals surface area (Å²) < 4.78 is -1.40. The van der Waals surface area contributed by atoms with Crippen LogP contribution in [0.1, 0.15) is 5.56 Å². The van der Waals surface area contributed by atoms with E-state index in [0.717, 1.165) is 11.8 Å². The van der Waals surface area contributed by atoms with E-state index in [1.165, 1.54) is 12.1 Å². The molecule has 1 aliphatic rings. The van der Waals surface area contributed by atoms with Crippen molar-refractivity contribution in [1.29, 1.82) is 0 Å². The molecule has 1 atom stereocenters. The number of rotatable bonds is 2. The van der Waals surface area contributed by atoms with Gasteiger partial charge < -0.3 is 5.32 Å². The highest BCUT2D eigenvalue weighted by molar-refractivity contribution is 8.01. The Hall–Kier alpha value is -1.27. The van der Waals surface area contributed by atoms with E-state index in [1.807, 2.05) is 0 Å². The van der Waals surface area contributed by atoms with Crippen molar-refractivity contribution < 1.29 is 9.72 Å². The largest absolute Gasteiger partial charge is 0.323 e. The fourth-order valence-electron chi connectivity index (χ4n) is 1.65. The number of amides is 1. The molecule has 1 unspecified atom stereocenters. The van der Waals surface area contributed by atoms with Crippen molar-refractivity contribution in [2.24, 2.45) is 0 Å². The van der Waals surface area contributed by atoms with E-state index in [2.05, 4.69) is 5.32 Å². The second kappa shape index (κ2) is 3.64. The predicted octanol–water partition coefficient (Wildman–Crippen LogP) is 2.30. The molecular weight excluding hydrogens is 252 g/mol. The highest BCUT2D eigenvalue weighted by Crippen LogP contribution is 2.51. The van der Waals surface area contributed by atoms with E-state index in [1.54, 1.807) is 12.3 Å². The smallest absolute Gasteiger partial charge is 0.277 e. The number of hydrogen-bond donors (Lipinski definition) is 1. The molecule has 0 spiro atoms. The van der Waals surface area contributed by atoms with Gasteiger partial charge in [-0.2, -0.15) is 0 Å². The summed E-state index contributed by atoms with van der Waals surface area (Å²) in [6.07, 6.45) is 1.64. The number of fused-ring (bicyclic) bond motifs is 1. The second-order valence-corrected chi connectivity index (χ2v) is 5.02. The number of nitrogens with one attached hydrogen (secondary N) is 1.